The van der Waals surface area contributed by atoms with E-state index in [9.17, 15) is 18.0 Å². The Labute approximate surface area is 201 Å². The van der Waals surface area contributed by atoms with Gasteiger partial charge in [0.1, 0.15) is 11.3 Å². The monoisotopic (exact) mass is 487 g/mol. The molecule has 0 atom stereocenters. The number of morpholine rings is 1. The van der Waals surface area contributed by atoms with Crippen LogP contribution < -0.4 is 19.5 Å². The number of halogens is 3. The third kappa shape index (κ3) is 5.71. The van der Waals surface area contributed by atoms with Crippen LogP contribution in [-0.2, 0) is 11.0 Å². The zero-order valence-corrected chi connectivity index (χ0v) is 19.4. The molecule has 7 nitrogen and oxygen atoms in total. The topological polar surface area (TPSA) is 67.6 Å². The quantitative estimate of drug-likeness (QED) is 0.525. The van der Waals surface area contributed by atoms with Crippen LogP contribution in [0.5, 0.6) is 5.88 Å². The highest BCUT2D eigenvalue weighted by molar-refractivity contribution is 6.04. The molecule has 2 aromatic heterocycles. The van der Waals surface area contributed by atoms with E-state index in [1.54, 1.807) is 18.3 Å². The summed E-state index contributed by atoms with van der Waals surface area (Å²) in [5.74, 6) is -0.0977. The minimum absolute atomic E-state index is 0.0429. The van der Waals surface area contributed by atoms with Crippen molar-refractivity contribution < 1.29 is 32.0 Å². The maximum atomic E-state index is 13.0. The maximum Gasteiger partial charge on any atom is 0.637 e. The Morgan fingerprint density at radius 1 is 1.23 bits per heavy atom. The molecule has 10 heteroatoms. The number of alkyl halides is 3. The van der Waals surface area contributed by atoms with Crippen molar-refractivity contribution in [2.75, 3.05) is 43.1 Å². The van der Waals surface area contributed by atoms with Crippen molar-refractivity contribution in [3.05, 3.63) is 66.1 Å². The number of carbonyl (C=O) groups is 1. The van der Waals surface area contributed by atoms with Gasteiger partial charge in [0.2, 0.25) is 5.88 Å². The van der Waals surface area contributed by atoms with Crippen molar-refractivity contribution in [1.82, 2.24) is 4.98 Å². The molecule has 1 amide bonds. The largest absolute Gasteiger partial charge is 0.637 e. The van der Waals surface area contributed by atoms with Gasteiger partial charge in [-0.15, -0.1) is 17.7 Å². The Morgan fingerprint density at radius 3 is 2.71 bits per heavy atom. The van der Waals surface area contributed by atoms with Crippen molar-refractivity contribution in [3.8, 4) is 17.0 Å². The molecule has 0 unspecified atom stereocenters. The standard InChI is InChI=1S/C25H25F3N4O3/c1-3-35-24-22(31-9-11-34-12-10-31)13-19(15-29-24)21-14-20(7-6-17(21)2)30-23(33)18-5-4-8-32(16-18)25(26,27)28/h4-8,13-16H,3,9-12H2,1-2H3/p+1. The van der Waals surface area contributed by atoms with Gasteiger partial charge in [0.25, 0.3) is 5.91 Å². The van der Waals surface area contributed by atoms with Gasteiger partial charge in [-0.25, -0.2) is 4.98 Å². The molecule has 1 aliphatic heterocycles. The van der Waals surface area contributed by atoms with E-state index in [-0.39, 0.29) is 10.1 Å². The number of aromatic nitrogens is 2. The van der Waals surface area contributed by atoms with Crippen LogP contribution >= 0.6 is 0 Å². The van der Waals surface area contributed by atoms with Crippen molar-refractivity contribution in [2.24, 2.45) is 0 Å². The third-order valence-corrected chi connectivity index (χ3v) is 5.63. The summed E-state index contributed by atoms with van der Waals surface area (Å²) in [6.07, 6.45) is -1.28. The predicted molar refractivity (Wildman–Crippen MR) is 124 cm³/mol. The van der Waals surface area contributed by atoms with E-state index in [0.29, 0.717) is 31.4 Å². The number of benzene rings is 1. The minimum Gasteiger partial charge on any atom is -0.476 e. The van der Waals surface area contributed by atoms with E-state index >= 15 is 0 Å². The number of anilines is 2. The highest BCUT2D eigenvalue weighted by Gasteiger charge is 2.41. The molecular weight excluding hydrogens is 461 g/mol. The molecule has 0 spiro atoms. The summed E-state index contributed by atoms with van der Waals surface area (Å²) in [7, 11) is 0. The molecule has 0 aliphatic carbocycles. The molecule has 3 aromatic rings. The number of pyridine rings is 2. The molecule has 1 aliphatic rings. The Morgan fingerprint density at radius 2 is 2.00 bits per heavy atom. The normalized spacial score (nSPS) is 14.0. The highest BCUT2D eigenvalue weighted by atomic mass is 19.4. The number of nitrogens with one attached hydrogen (secondary N) is 1. The van der Waals surface area contributed by atoms with Crippen molar-refractivity contribution in [1.29, 1.82) is 0 Å². The van der Waals surface area contributed by atoms with Crippen molar-refractivity contribution >= 4 is 17.3 Å². The summed E-state index contributed by atoms with van der Waals surface area (Å²) in [5.41, 5.74) is 3.84. The van der Waals surface area contributed by atoms with Gasteiger partial charge in [0, 0.05) is 36.6 Å². The number of amides is 1. The van der Waals surface area contributed by atoms with E-state index in [1.807, 2.05) is 26.0 Å². The van der Waals surface area contributed by atoms with Gasteiger partial charge >= 0.3 is 6.30 Å². The van der Waals surface area contributed by atoms with E-state index < -0.39 is 12.2 Å². The molecule has 184 valence electrons. The highest BCUT2D eigenvalue weighted by Crippen LogP contribution is 2.34. The molecular formula is C25H26F3N4O3+. The average molecular weight is 488 g/mol. The summed E-state index contributed by atoms with van der Waals surface area (Å²) in [4.78, 5) is 19.4. The van der Waals surface area contributed by atoms with E-state index in [4.69, 9.17) is 9.47 Å². The molecule has 0 saturated carbocycles. The maximum absolute atomic E-state index is 13.0. The lowest BCUT2D eigenvalue weighted by molar-refractivity contribution is -0.854. The molecule has 0 bridgehead atoms. The van der Waals surface area contributed by atoms with Crippen LogP contribution in [0.1, 0.15) is 22.8 Å². The smallest absolute Gasteiger partial charge is 0.476 e. The van der Waals surface area contributed by atoms with Crippen LogP contribution in [-0.4, -0.2) is 43.8 Å². The first-order chi connectivity index (χ1) is 16.8. The number of hydrogen-bond donors (Lipinski definition) is 1. The molecule has 1 N–H and O–H groups in total. The minimum atomic E-state index is -4.60. The lowest BCUT2D eigenvalue weighted by atomic mass is 10.0. The van der Waals surface area contributed by atoms with Gasteiger partial charge in [0.05, 0.1) is 19.8 Å². The SMILES string of the molecule is CCOc1ncc(-c2cc(NC(=O)c3ccc[n+](C(F)(F)F)c3)ccc2C)cc1N1CCOCC1. The summed E-state index contributed by atoms with van der Waals surface area (Å²) in [5, 5.41) is 2.69. The van der Waals surface area contributed by atoms with Crippen LogP contribution in [0.2, 0.25) is 0 Å². The number of hydrogen-bond acceptors (Lipinski definition) is 5. The number of aryl methyl sites for hydroxylation is 1. The van der Waals surface area contributed by atoms with Crippen molar-refractivity contribution in [2.45, 2.75) is 20.1 Å². The van der Waals surface area contributed by atoms with E-state index in [2.05, 4.69) is 15.2 Å². The van der Waals surface area contributed by atoms with Gasteiger partial charge in [-0.1, -0.05) is 6.07 Å². The first kappa shape index (κ1) is 24.5. The van der Waals surface area contributed by atoms with Gasteiger partial charge in [-0.05, 0) is 49.2 Å². The average Bonchev–Trinajstić information content (AvgIpc) is 2.86. The van der Waals surface area contributed by atoms with Crippen LogP contribution in [0.25, 0.3) is 11.1 Å². The van der Waals surface area contributed by atoms with Crippen LogP contribution in [0.3, 0.4) is 0 Å². The van der Waals surface area contributed by atoms with Gasteiger partial charge in [-0.2, -0.15) is 0 Å². The van der Waals surface area contributed by atoms with Gasteiger partial charge < -0.3 is 19.7 Å². The first-order valence-electron chi connectivity index (χ1n) is 11.2. The number of ether oxygens (including phenoxy) is 2. The van der Waals surface area contributed by atoms with Gasteiger partial charge in [0.15, 0.2) is 12.4 Å². The lowest BCUT2D eigenvalue weighted by Crippen LogP contribution is -2.47. The number of carbonyl (C=O) groups excluding carboxylic acids is 1. The fourth-order valence-electron chi connectivity index (χ4n) is 3.85. The molecule has 1 fully saturated rings. The molecule has 1 aromatic carbocycles. The van der Waals surface area contributed by atoms with Gasteiger partial charge in [-0.3, -0.25) is 4.79 Å². The van der Waals surface area contributed by atoms with Crippen molar-refractivity contribution in [3.63, 3.8) is 0 Å². The summed E-state index contributed by atoms with van der Waals surface area (Å²) in [6.45, 7) is 6.99. The summed E-state index contributed by atoms with van der Waals surface area (Å²) in [6, 6.07) is 9.85. The third-order valence-electron chi connectivity index (χ3n) is 5.63. The molecule has 4 rings (SSSR count). The van der Waals surface area contributed by atoms with Crippen LogP contribution in [0.4, 0.5) is 24.5 Å². The second-order valence-corrected chi connectivity index (χ2v) is 8.03. The second kappa shape index (κ2) is 10.3. The molecule has 3 heterocycles. The fourth-order valence-corrected chi connectivity index (χ4v) is 3.85. The Kier molecular flexibility index (Phi) is 7.20. The predicted octanol–water partition coefficient (Wildman–Crippen LogP) is 4.31. The number of nitrogens with zero attached hydrogens (tertiary/aromatic N) is 3. The fraction of sp³-hybridized carbons (Fsp3) is 0.320. The Hall–Kier alpha value is -3.66. The molecule has 1 saturated heterocycles. The van der Waals surface area contributed by atoms with Crippen LogP contribution in [0.15, 0.2) is 55.0 Å². The van der Waals surface area contributed by atoms with E-state index in [1.165, 1.54) is 12.1 Å². The molecule has 35 heavy (non-hydrogen) atoms. The zero-order chi connectivity index (χ0) is 25.0. The first-order valence-corrected chi connectivity index (χ1v) is 11.2. The zero-order valence-electron chi connectivity index (χ0n) is 19.4. The summed E-state index contributed by atoms with van der Waals surface area (Å²) >= 11 is 0. The Bertz CT molecular complexity index is 1210. The Balaban J connectivity index is 1.63. The second-order valence-electron chi connectivity index (χ2n) is 8.03. The van der Waals surface area contributed by atoms with E-state index in [0.717, 1.165) is 47.9 Å². The molecule has 0 radical (unpaired) electrons. The number of rotatable bonds is 6. The summed E-state index contributed by atoms with van der Waals surface area (Å²) < 4.78 is 50.2. The van der Waals surface area contributed by atoms with Crippen LogP contribution in [0, 0.1) is 6.92 Å². The lowest BCUT2D eigenvalue weighted by Gasteiger charge is -2.30.